The van der Waals surface area contributed by atoms with Crippen molar-refractivity contribution in [2.45, 2.75) is 13.0 Å². The lowest BCUT2D eigenvalue weighted by atomic mass is 10.2. The molecule has 1 N–H and O–H groups in total. The second-order valence-electron chi connectivity index (χ2n) is 4.65. The van der Waals surface area contributed by atoms with Crippen LogP contribution >= 0.6 is 27.3 Å². The summed E-state index contributed by atoms with van der Waals surface area (Å²) < 4.78 is 12.0. The average Bonchev–Trinajstić information content (AvgIpc) is 2.99. The van der Waals surface area contributed by atoms with Gasteiger partial charge in [0.25, 0.3) is 0 Å². The van der Waals surface area contributed by atoms with Crippen LogP contribution < -0.4 is 10.1 Å². The van der Waals surface area contributed by atoms with E-state index in [1.54, 1.807) is 18.4 Å². The minimum absolute atomic E-state index is 0.698. The third kappa shape index (κ3) is 5.79. The molecule has 0 aliphatic carbocycles. The molecule has 0 saturated carbocycles. The molecular formula is C16H20BrNO2S. The van der Waals surface area contributed by atoms with E-state index >= 15 is 0 Å². The molecule has 21 heavy (non-hydrogen) atoms. The van der Waals surface area contributed by atoms with Gasteiger partial charge in [-0.15, -0.1) is 0 Å². The van der Waals surface area contributed by atoms with Gasteiger partial charge in [-0.2, -0.15) is 11.3 Å². The molecule has 1 aromatic carbocycles. The highest BCUT2D eigenvalue weighted by Crippen LogP contribution is 2.23. The maximum atomic E-state index is 5.94. The molecule has 0 aliphatic rings. The monoisotopic (exact) mass is 369 g/mol. The van der Waals surface area contributed by atoms with Crippen LogP contribution in [-0.2, 0) is 17.7 Å². The summed E-state index contributed by atoms with van der Waals surface area (Å²) in [6, 6.07) is 8.27. The van der Waals surface area contributed by atoms with Gasteiger partial charge in [-0.25, -0.2) is 0 Å². The first-order valence-corrected chi connectivity index (χ1v) is 8.65. The molecular weight excluding hydrogens is 350 g/mol. The molecule has 0 unspecified atom stereocenters. The lowest BCUT2D eigenvalue weighted by Gasteiger charge is -2.12. The van der Waals surface area contributed by atoms with E-state index in [1.165, 1.54) is 5.56 Å². The zero-order valence-corrected chi connectivity index (χ0v) is 14.5. The van der Waals surface area contributed by atoms with Gasteiger partial charge in [-0.05, 0) is 40.6 Å². The SMILES string of the molecule is COCCNCc1cc(Br)ccc1OCCc1ccsc1. The molecule has 0 amide bonds. The number of nitrogens with one attached hydrogen (secondary N) is 1. The third-order valence-electron chi connectivity index (χ3n) is 3.05. The van der Waals surface area contributed by atoms with E-state index in [4.69, 9.17) is 9.47 Å². The molecule has 0 aliphatic heterocycles. The van der Waals surface area contributed by atoms with E-state index < -0.39 is 0 Å². The molecule has 0 saturated heterocycles. The average molecular weight is 370 g/mol. The number of methoxy groups -OCH3 is 1. The molecule has 0 spiro atoms. The van der Waals surface area contributed by atoms with Crippen molar-refractivity contribution in [3.05, 3.63) is 50.6 Å². The Morgan fingerprint density at radius 2 is 2.14 bits per heavy atom. The van der Waals surface area contributed by atoms with Crippen LogP contribution in [0.25, 0.3) is 0 Å². The fourth-order valence-corrected chi connectivity index (χ4v) is 3.05. The van der Waals surface area contributed by atoms with E-state index in [2.05, 4.69) is 44.1 Å². The second kappa shape index (κ2) is 9.20. The molecule has 5 heteroatoms. The first-order valence-electron chi connectivity index (χ1n) is 6.91. The zero-order chi connectivity index (χ0) is 14.9. The molecule has 0 radical (unpaired) electrons. The summed E-state index contributed by atoms with van der Waals surface area (Å²) in [6.07, 6.45) is 0.941. The van der Waals surface area contributed by atoms with E-state index in [-0.39, 0.29) is 0 Å². The van der Waals surface area contributed by atoms with Crippen molar-refractivity contribution in [3.63, 3.8) is 0 Å². The third-order valence-corrected chi connectivity index (χ3v) is 4.27. The van der Waals surface area contributed by atoms with Crippen LogP contribution in [0.1, 0.15) is 11.1 Å². The molecule has 0 bridgehead atoms. The van der Waals surface area contributed by atoms with Crippen LogP contribution in [0, 0.1) is 0 Å². The van der Waals surface area contributed by atoms with Crippen molar-refractivity contribution >= 4 is 27.3 Å². The Labute approximate surface area is 138 Å². The van der Waals surface area contributed by atoms with Gasteiger partial charge < -0.3 is 14.8 Å². The Hall–Kier alpha value is -0.880. The fraction of sp³-hybridized carbons (Fsp3) is 0.375. The number of benzene rings is 1. The van der Waals surface area contributed by atoms with Crippen molar-refractivity contribution in [3.8, 4) is 5.75 Å². The van der Waals surface area contributed by atoms with Crippen molar-refractivity contribution in [1.29, 1.82) is 0 Å². The van der Waals surface area contributed by atoms with Gasteiger partial charge in [-0.3, -0.25) is 0 Å². The molecule has 2 aromatic rings. The Kier molecular flexibility index (Phi) is 7.23. The van der Waals surface area contributed by atoms with E-state index in [9.17, 15) is 0 Å². The molecule has 114 valence electrons. The van der Waals surface area contributed by atoms with Crippen LogP contribution in [0.4, 0.5) is 0 Å². The second-order valence-corrected chi connectivity index (χ2v) is 6.35. The molecule has 1 heterocycles. The normalized spacial score (nSPS) is 10.8. The molecule has 0 atom stereocenters. The van der Waals surface area contributed by atoms with Gasteiger partial charge in [-0.1, -0.05) is 15.9 Å². The maximum absolute atomic E-state index is 5.94. The van der Waals surface area contributed by atoms with Gasteiger partial charge in [0.05, 0.1) is 13.2 Å². The quantitative estimate of drug-likeness (QED) is 0.680. The van der Waals surface area contributed by atoms with Gasteiger partial charge in [0.1, 0.15) is 5.75 Å². The van der Waals surface area contributed by atoms with Crippen molar-refractivity contribution in [2.24, 2.45) is 0 Å². The Balaban J connectivity index is 1.87. The minimum Gasteiger partial charge on any atom is -0.493 e. The predicted molar refractivity (Wildman–Crippen MR) is 91.2 cm³/mol. The number of rotatable bonds is 9. The predicted octanol–water partition coefficient (Wildman–Crippen LogP) is 3.87. The summed E-state index contributed by atoms with van der Waals surface area (Å²) >= 11 is 5.24. The van der Waals surface area contributed by atoms with Crippen molar-refractivity contribution in [1.82, 2.24) is 5.32 Å². The summed E-state index contributed by atoms with van der Waals surface area (Å²) in [5.74, 6) is 0.943. The topological polar surface area (TPSA) is 30.5 Å². The molecule has 3 nitrogen and oxygen atoms in total. The van der Waals surface area contributed by atoms with Gasteiger partial charge in [0.15, 0.2) is 0 Å². The van der Waals surface area contributed by atoms with Crippen LogP contribution in [0.2, 0.25) is 0 Å². The van der Waals surface area contributed by atoms with Gasteiger partial charge in [0, 0.05) is 36.7 Å². The minimum atomic E-state index is 0.698. The summed E-state index contributed by atoms with van der Waals surface area (Å²) in [6.45, 7) is 3.01. The first kappa shape index (κ1) is 16.5. The number of hydrogen-bond acceptors (Lipinski definition) is 4. The van der Waals surface area contributed by atoms with Crippen LogP contribution in [0.5, 0.6) is 5.75 Å². The summed E-state index contributed by atoms with van der Waals surface area (Å²) in [4.78, 5) is 0. The summed E-state index contributed by atoms with van der Waals surface area (Å²) in [7, 11) is 1.71. The number of ether oxygens (including phenoxy) is 2. The highest BCUT2D eigenvalue weighted by molar-refractivity contribution is 9.10. The summed E-state index contributed by atoms with van der Waals surface area (Å²) in [5, 5.41) is 7.61. The Morgan fingerprint density at radius 1 is 1.24 bits per heavy atom. The summed E-state index contributed by atoms with van der Waals surface area (Å²) in [5.41, 5.74) is 2.49. The Morgan fingerprint density at radius 3 is 2.90 bits per heavy atom. The highest BCUT2D eigenvalue weighted by atomic mass is 79.9. The van der Waals surface area contributed by atoms with Crippen LogP contribution in [0.3, 0.4) is 0 Å². The number of thiophene rings is 1. The van der Waals surface area contributed by atoms with E-state index in [0.29, 0.717) is 13.2 Å². The van der Waals surface area contributed by atoms with Crippen molar-refractivity contribution < 1.29 is 9.47 Å². The molecule has 1 aromatic heterocycles. The molecule has 2 rings (SSSR count). The van der Waals surface area contributed by atoms with E-state index in [0.717, 1.165) is 35.3 Å². The zero-order valence-electron chi connectivity index (χ0n) is 12.1. The lowest BCUT2D eigenvalue weighted by molar-refractivity contribution is 0.199. The smallest absolute Gasteiger partial charge is 0.123 e. The number of hydrogen-bond donors (Lipinski definition) is 1. The molecule has 0 fully saturated rings. The standard InChI is InChI=1S/C16H20BrNO2S/c1-19-8-6-18-11-14-10-15(17)2-3-16(14)20-7-4-13-5-9-21-12-13/h2-3,5,9-10,12,18H,4,6-8,11H2,1H3. The maximum Gasteiger partial charge on any atom is 0.123 e. The largest absolute Gasteiger partial charge is 0.493 e. The number of halogens is 1. The van der Waals surface area contributed by atoms with Crippen LogP contribution in [0.15, 0.2) is 39.5 Å². The van der Waals surface area contributed by atoms with E-state index in [1.807, 2.05) is 12.1 Å². The fourth-order valence-electron chi connectivity index (χ4n) is 1.94. The first-order chi connectivity index (χ1) is 10.3. The van der Waals surface area contributed by atoms with Gasteiger partial charge in [0.2, 0.25) is 0 Å². The lowest BCUT2D eigenvalue weighted by Crippen LogP contribution is -2.19. The Bertz CT molecular complexity index is 531. The van der Waals surface area contributed by atoms with Gasteiger partial charge >= 0.3 is 0 Å². The highest BCUT2D eigenvalue weighted by Gasteiger charge is 2.05. The van der Waals surface area contributed by atoms with Crippen molar-refractivity contribution in [2.75, 3.05) is 26.9 Å². The van der Waals surface area contributed by atoms with Crippen LogP contribution in [-0.4, -0.2) is 26.9 Å².